The summed E-state index contributed by atoms with van der Waals surface area (Å²) in [6, 6.07) is 1.75. The van der Waals surface area contributed by atoms with Gasteiger partial charge in [-0.3, -0.25) is 9.78 Å². The van der Waals surface area contributed by atoms with Crippen LogP contribution in [0, 0.1) is 5.92 Å². The van der Waals surface area contributed by atoms with Gasteiger partial charge in [-0.05, 0) is 37.7 Å². The maximum Gasteiger partial charge on any atom is 0.151 e. The predicted octanol–water partition coefficient (Wildman–Crippen LogP) is 2.85. The average molecular weight is 219 g/mol. The lowest BCUT2D eigenvalue weighted by Gasteiger charge is -2.26. The van der Waals surface area contributed by atoms with E-state index in [1.54, 1.807) is 18.5 Å². The third-order valence-corrected chi connectivity index (χ3v) is 3.14. The van der Waals surface area contributed by atoms with Crippen molar-refractivity contribution in [3.05, 3.63) is 24.0 Å². The Kier molecular flexibility index (Phi) is 3.54. The van der Waals surface area contributed by atoms with Gasteiger partial charge in [-0.15, -0.1) is 0 Å². The molecule has 0 atom stereocenters. The summed E-state index contributed by atoms with van der Waals surface area (Å²) in [5.41, 5.74) is 0.571. The van der Waals surface area contributed by atoms with E-state index < -0.39 is 0 Å². The van der Waals surface area contributed by atoms with Crippen molar-refractivity contribution in [1.82, 2.24) is 4.98 Å². The molecule has 0 aromatic carbocycles. The van der Waals surface area contributed by atoms with Crippen molar-refractivity contribution in [1.29, 1.82) is 0 Å². The fourth-order valence-electron chi connectivity index (χ4n) is 2.10. The van der Waals surface area contributed by atoms with Crippen molar-refractivity contribution in [2.24, 2.45) is 5.92 Å². The van der Waals surface area contributed by atoms with Gasteiger partial charge < -0.3 is 4.74 Å². The number of rotatable bonds is 3. The van der Waals surface area contributed by atoms with Gasteiger partial charge >= 0.3 is 0 Å². The zero-order valence-electron chi connectivity index (χ0n) is 9.56. The number of aromatic nitrogens is 1. The lowest BCUT2D eigenvalue weighted by molar-refractivity contribution is 0.112. The Balaban J connectivity index is 1.95. The largest absolute Gasteiger partial charge is 0.489 e. The van der Waals surface area contributed by atoms with E-state index in [2.05, 4.69) is 11.9 Å². The molecule has 16 heavy (non-hydrogen) atoms. The molecule has 0 saturated heterocycles. The highest BCUT2D eigenvalue weighted by atomic mass is 16.5. The molecule has 1 saturated carbocycles. The van der Waals surface area contributed by atoms with Gasteiger partial charge in [0.1, 0.15) is 5.75 Å². The first-order valence-electron chi connectivity index (χ1n) is 5.85. The van der Waals surface area contributed by atoms with Crippen molar-refractivity contribution < 1.29 is 9.53 Å². The fourth-order valence-corrected chi connectivity index (χ4v) is 2.10. The lowest BCUT2D eigenvalue weighted by Crippen LogP contribution is -2.23. The van der Waals surface area contributed by atoms with Crippen LogP contribution in [0.15, 0.2) is 18.5 Å². The highest BCUT2D eigenvalue weighted by molar-refractivity contribution is 5.74. The van der Waals surface area contributed by atoms with Gasteiger partial charge in [0, 0.05) is 11.8 Å². The summed E-state index contributed by atoms with van der Waals surface area (Å²) in [6.45, 7) is 2.28. The number of pyridine rings is 1. The molecule has 3 heteroatoms. The first kappa shape index (κ1) is 11.1. The number of aldehydes is 1. The van der Waals surface area contributed by atoms with Crippen LogP contribution in [0.2, 0.25) is 0 Å². The Bertz CT molecular complexity index is 357. The quantitative estimate of drug-likeness (QED) is 0.734. The van der Waals surface area contributed by atoms with Gasteiger partial charge in [0.05, 0.1) is 12.3 Å². The van der Waals surface area contributed by atoms with Crippen LogP contribution in [0.5, 0.6) is 5.75 Å². The Morgan fingerprint density at radius 3 is 2.75 bits per heavy atom. The van der Waals surface area contributed by atoms with Gasteiger partial charge in [0.2, 0.25) is 0 Å². The SMILES string of the molecule is CC1CCC(Oc2cncc(C=O)c2)CC1. The van der Waals surface area contributed by atoms with Crippen LogP contribution in [0.4, 0.5) is 0 Å². The van der Waals surface area contributed by atoms with Crippen LogP contribution in [0.25, 0.3) is 0 Å². The van der Waals surface area contributed by atoms with Crippen LogP contribution in [-0.4, -0.2) is 17.4 Å². The fraction of sp³-hybridized carbons (Fsp3) is 0.538. The van der Waals surface area contributed by atoms with Gasteiger partial charge in [-0.25, -0.2) is 0 Å². The molecule has 0 aliphatic heterocycles. The third kappa shape index (κ3) is 2.81. The molecule has 0 amide bonds. The summed E-state index contributed by atoms with van der Waals surface area (Å²) in [4.78, 5) is 14.6. The molecular weight excluding hydrogens is 202 g/mol. The molecule has 3 nitrogen and oxygen atoms in total. The zero-order valence-corrected chi connectivity index (χ0v) is 9.56. The number of hydrogen-bond acceptors (Lipinski definition) is 3. The minimum Gasteiger partial charge on any atom is -0.489 e. The van der Waals surface area contributed by atoms with E-state index >= 15 is 0 Å². The van der Waals surface area contributed by atoms with E-state index in [1.807, 2.05) is 0 Å². The summed E-state index contributed by atoms with van der Waals surface area (Å²) in [5, 5.41) is 0. The van der Waals surface area contributed by atoms with Crippen LogP contribution in [0.3, 0.4) is 0 Å². The first-order valence-corrected chi connectivity index (χ1v) is 5.85. The van der Waals surface area contributed by atoms with Gasteiger partial charge in [-0.2, -0.15) is 0 Å². The minimum atomic E-state index is 0.292. The van der Waals surface area contributed by atoms with Crippen LogP contribution >= 0.6 is 0 Å². The standard InChI is InChI=1S/C13H17NO2/c1-10-2-4-12(5-3-10)16-13-6-11(9-15)7-14-8-13/h6-10,12H,2-5H2,1H3. The number of hydrogen-bond donors (Lipinski definition) is 0. The lowest BCUT2D eigenvalue weighted by atomic mass is 9.89. The average Bonchev–Trinajstić information content (AvgIpc) is 2.32. The molecule has 0 radical (unpaired) electrons. The van der Waals surface area contributed by atoms with E-state index in [1.165, 1.54) is 12.8 Å². The molecule has 1 aromatic rings. The Morgan fingerprint density at radius 1 is 1.31 bits per heavy atom. The van der Waals surface area contributed by atoms with Crippen molar-refractivity contribution in [2.75, 3.05) is 0 Å². The summed E-state index contributed by atoms with van der Waals surface area (Å²) in [7, 11) is 0. The van der Waals surface area contributed by atoms with Crippen LogP contribution in [-0.2, 0) is 0 Å². The number of carbonyl (C=O) groups is 1. The second-order valence-corrected chi connectivity index (χ2v) is 4.57. The Hall–Kier alpha value is -1.38. The number of nitrogens with zero attached hydrogens (tertiary/aromatic N) is 1. The summed E-state index contributed by atoms with van der Waals surface area (Å²) in [6.07, 6.45) is 8.96. The normalized spacial score (nSPS) is 25.1. The van der Waals surface area contributed by atoms with Crippen molar-refractivity contribution >= 4 is 6.29 Å². The van der Waals surface area contributed by atoms with E-state index in [-0.39, 0.29) is 0 Å². The summed E-state index contributed by atoms with van der Waals surface area (Å²) in [5.74, 6) is 1.53. The van der Waals surface area contributed by atoms with Gasteiger partial charge in [0.25, 0.3) is 0 Å². The monoisotopic (exact) mass is 219 g/mol. The van der Waals surface area contributed by atoms with E-state index in [9.17, 15) is 4.79 Å². The van der Waals surface area contributed by atoms with Gasteiger partial charge in [-0.1, -0.05) is 6.92 Å². The molecule has 0 unspecified atom stereocenters. The molecule has 1 aliphatic carbocycles. The highest BCUT2D eigenvalue weighted by Crippen LogP contribution is 2.26. The van der Waals surface area contributed by atoms with Crippen LogP contribution < -0.4 is 4.74 Å². The van der Waals surface area contributed by atoms with Crippen molar-refractivity contribution in [3.8, 4) is 5.75 Å². The van der Waals surface area contributed by atoms with E-state index in [0.29, 0.717) is 17.4 Å². The highest BCUT2D eigenvalue weighted by Gasteiger charge is 2.19. The maximum atomic E-state index is 10.6. The molecule has 86 valence electrons. The number of ether oxygens (including phenoxy) is 1. The van der Waals surface area contributed by atoms with Crippen molar-refractivity contribution in [2.45, 2.75) is 38.7 Å². The smallest absolute Gasteiger partial charge is 0.151 e. The summed E-state index contributed by atoms with van der Waals surface area (Å²) < 4.78 is 5.82. The number of carbonyl (C=O) groups excluding carboxylic acids is 1. The molecular formula is C13H17NO2. The first-order chi connectivity index (χ1) is 7.78. The Morgan fingerprint density at radius 2 is 2.06 bits per heavy atom. The predicted molar refractivity (Wildman–Crippen MR) is 61.7 cm³/mol. The Labute approximate surface area is 95.8 Å². The molecule has 0 bridgehead atoms. The summed E-state index contributed by atoms with van der Waals surface area (Å²) >= 11 is 0. The third-order valence-electron chi connectivity index (χ3n) is 3.14. The molecule has 1 aliphatic rings. The second-order valence-electron chi connectivity index (χ2n) is 4.57. The molecule has 1 aromatic heterocycles. The van der Waals surface area contributed by atoms with E-state index in [4.69, 9.17) is 4.74 Å². The maximum absolute atomic E-state index is 10.6. The molecule has 1 heterocycles. The topological polar surface area (TPSA) is 39.2 Å². The molecule has 0 spiro atoms. The van der Waals surface area contributed by atoms with Crippen LogP contribution in [0.1, 0.15) is 43.0 Å². The molecule has 1 fully saturated rings. The molecule has 0 N–H and O–H groups in total. The molecule has 2 rings (SSSR count). The van der Waals surface area contributed by atoms with Gasteiger partial charge in [0.15, 0.2) is 6.29 Å². The minimum absolute atomic E-state index is 0.292. The van der Waals surface area contributed by atoms with E-state index in [0.717, 1.165) is 25.0 Å². The zero-order chi connectivity index (χ0) is 11.4. The second kappa shape index (κ2) is 5.10. The van der Waals surface area contributed by atoms with Crippen molar-refractivity contribution in [3.63, 3.8) is 0 Å².